The van der Waals surface area contributed by atoms with Gasteiger partial charge >= 0.3 is 0 Å². The summed E-state index contributed by atoms with van der Waals surface area (Å²) in [6, 6.07) is 12.2. The first-order valence-corrected chi connectivity index (χ1v) is 11.4. The number of carbonyl (C=O) groups excluding carboxylic acids is 1. The highest BCUT2D eigenvalue weighted by atomic mass is 32.2. The van der Waals surface area contributed by atoms with Gasteiger partial charge in [-0.2, -0.15) is 0 Å². The fourth-order valence-electron chi connectivity index (χ4n) is 2.66. The molecule has 3 rings (SSSR count). The molecule has 3 N–H and O–H groups in total. The van der Waals surface area contributed by atoms with Crippen LogP contribution in [0.15, 0.2) is 58.6 Å². The average molecular weight is 450 g/mol. The fourth-order valence-corrected chi connectivity index (χ4v) is 3.92. The summed E-state index contributed by atoms with van der Waals surface area (Å²) in [4.78, 5) is 12.1. The third-order valence-corrected chi connectivity index (χ3v) is 6.21. The van der Waals surface area contributed by atoms with Crippen LogP contribution >= 0.6 is 11.8 Å². The van der Waals surface area contributed by atoms with Gasteiger partial charge in [-0.05, 0) is 48.4 Å². The minimum atomic E-state index is -3.71. The van der Waals surface area contributed by atoms with Gasteiger partial charge in [-0.25, -0.2) is 17.9 Å². The van der Waals surface area contributed by atoms with Crippen LogP contribution in [-0.2, 0) is 28.3 Å². The van der Waals surface area contributed by atoms with E-state index in [-0.39, 0.29) is 22.4 Å². The van der Waals surface area contributed by atoms with Crippen LogP contribution in [0.4, 0.5) is 4.39 Å². The Morgan fingerprint density at radius 1 is 1.13 bits per heavy atom. The highest BCUT2D eigenvalue weighted by Gasteiger charge is 2.13. The number of halogens is 1. The lowest BCUT2D eigenvalue weighted by molar-refractivity contribution is -0.118. The molecule has 0 radical (unpaired) electrons. The molecule has 30 heavy (non-hydrogen) atoms. The standard InChI is InChI=1S/C19H20FN5O3S2/c1-25-18(14-4-6-15(20)7-5-14)23-24-19(25)29-12-17(26)22-11-10-13-2-8-16(9-3-13)30(21,27)28/h2-9H,10-12H2,1H3,(H,22,26)(H2,21,27,28). The van der Waals surface area contributed by atoms with Gasteiger partial charge in [0.1, 0.15) is 5.82 Å². The maximum atomic E-state index is 13.1. The topological polar surface area (TPSA) is 120 Å². The molecule has 0 bridgehead atoms. The SMILES string of the molecule is Cn1c(SCC(=O)NCCc2ccc(S(N)(=O)=O)cc2)nnc1-c1ccc(F)cc1. The number of nitrogens with one attached hydrogen (secondary N) is 1. The van der Waals surface area contributed by atoms with Crippen molar-refractivity contribution in [3.63, 3.8) is 0 Å². The lowest BCUT2D eigenvalue weighted by Gasteiger charge is -2.06. The largest absolute Gasteiger partial charge is 0.355 e. The molecule has 3 aromatic rings. The Morgan fingerprint density at radius 2 is 1.80 bits per heavy atom. The van der Waals surface area contributed by atoms with Gasteiger partial charge in [0.25, 0.3) is 0 Å². The molecule has 1 heterocycles. The summed E-state index contributed by atoms with van der Waals surface area (Å²) in [6.07, 6.45) is 0.556. The van der Waals surface area contributed by atoms with Crippen LogP contribution in [0.1, 0.15) is 5.56 Å². The van der Waals surface area contributed by atoms with E-state index in [1.54, 1.807) is 35.9 Å². The first-order chi connectivity index (χ1) is 14.2. The monoisotopic (exact) mass is 449 g/mol. The summed E-state index contributed by atoms with van der Waals surface area (Å²) in [5.41, 5.74) is 1.61. The average Bonchev–Trinajstić information content (AvgIpc) is 3.07. The van der Waals surface area contributed by atoms with Crippen molar-refractivity contribution in [3.8, 4) is 11.4 Å². The second-order valence-electron chi connectivity index (χ2n) is 6.45. The van der Waals surface area contributed by atoms with Gasteiger partial charge in [-0.15, -0.1) is 10.2 Å². The van der Waals surface area contributed by atoms with Gasteiger partial charge in [-0.1, -0.05) is 23.9 Å². The Kier molecular flexibility index (Phi) is 6.85. The number of primary sulfonamides is 1. The molecular formula is C19H20FN5O3S2. The van der Waals surface area contributed by atoms with Crippen LogP contribution in [0.3, 0.4) is 0 Å². The molecule has 158 valence electrons. The van der Waals surface area contributed by atoms with Crippen molar-refractivity contribution in [1.82, 2.24) is 20.1 Å². The number of nitrogens with zero attached hydrogens (tertiary/aromatic N) is 3. The van der Waals surface area contributed by atoms with Crippen molar-refractivity contribution in [3.05, 3.63) is 59.9 Å². The number of carbonyl (C=O) groups is 1. The summed E-state index contributed by atoms with van der Waals surface area (Å²) in [5.74, 6) is 0.264. The molecule has 0 aliphatic carbocycles. The number of aromatic nitrogens is 3. The van der Waals surface area contributed by atoms with Crippen molar-refractivity contribution in [1.29, 1.82) is 0 Å². The Morgan fingerprint density at radius 3 is 2.43 bits per heavy atom. The number of thioether (sulfide) groups is 1. The van der Waals surface area contributed by atoms with Crippen LogP contribution in [0.5, 0.6) is 0 Å². The van der Waals surface area contributed by atoms with E-state index >= 15 is 0 Å². The molecule has 0 fully saturated rings. The molecule has 0 saturated carbocycles. The molecule has 11 heteroatoms. The Bertz CT molecular complexity index is 1130. The van der Waals surface area contributed by atoms with Gasteiger partial charge in [-0.3, -0.25) is 4.79 Å². The third-order valence-electron chi connectivity index (χ3n) is 4.26. The number of hydrogen-bond acceptors (Lipinski definition) is 6. The maximum absolute atomic E-state index is 13.1. The van der Waals surface area contributed by atoms with Crippen LogP contribution in [0.2, 0.25) is 0 Å². The van der Waals surface area contributed by atoms with Crippen molar-refractivity contribution < 1.29 is 17.6 Å². The predicted molar refractivity (Wildman–Crippen MR) is 112 cm³/mol. The van der Waals surface area contributed by atoms with E-state index in [0.29, 0.717) is 23.9 Å². The van der Waals surface area contributed by atoms with E-state index in [2.05, 4.69) is 15.5 Å². The second-order valence-corrected chi connectivity index (χ2v) is 8.95. The summed E-state index contributed by atoms with van der Waals surface area (Å²) < 4.78 is 37.3. The number of sulfonamides is 1. The molecule has 2 aromatic carbocycles. The van der Waals surface area contributed by atoms with E-state index in [1.165, 1.54) is 36.0 Å². The normalized spacial score (nSPS) is 11.4. The Balaban J connectivity index is 1.48. The van der Waals surface area contributed by atoms with Crippen molar-refractivity contribution in [2.24, 2.45) is 12.2 Å². The van der Waals surface area contributed by atoms with Gasteiger partial charge < -0.3 is 9.88 Å². The van der Waals surface area contributed by atoms with Gasteiger partial charge in [0.15, 0.2) is 11.0 Å². The molecule has 8 nitrogen and oxygen atoms in total. The number of rotatable bonds is 8. The first kappa shape index (κ1) is 21.9. The number of hydrogen-bond donors (Lipinski definition) is 2. The second kappa shape index (κ2) is 9.37. The fraction of sp³-hybridized carbons (Fsp3) is 0.211. The molecule has 0 saturated heterocycles. The summed E-state index contributed by atoms with van der Waals surface area (Å²) in [6.45, 7) is 0.410. The van der Waals surface area contributed by atoms with Gasteiger partial charge in [0.05, 0.1) is 10.6 Å². The zero-order valence-corrected chi connectivity index (χ0v) is 17.7. The molecule has 0 aliphatic heterocycles. The van der Waals surface area contributed by atoms with Crippen LogP contribution in [0.25, 0.3) is 11.4 Å². The summed E-state index contributed by atoms with van der Waals surface area (Å²) >= 11 is 1.25. The molecular weight excluding hydrogens is 429 g/mol. The Hall–Kier alpha value is -2.76. The lowest BCUT2D eigenvalue weighted by Crippen LogP contribution is -2.27. The van der Waals surface area contributed by atoms with Crippen LogP contribution in [0, 0.1) is 5.82 Å². The molecule has 0 aliphatic rings. The van der Waals surface area contributed by atoms with Crippen LogP contribution in [-0.4, -0.2) is 41.4 Å². The molecule has 0 atom stereocenters. The minimum absolute atomic E-state index is 0.0513. The predicted octanol–water partition coefficient (Wildman–Crippen LogP) is 1.72. The van der Waals surface area contributed by atoms with Crippen molar-refractivity contribution in [2.45, 2.75) is 16.5 Å². The molecule has 1 aromatic heterocycles. The molecule has 0 unspecified atom stereocenters. The maximum Gasteiger partial charge on any atom is 0.238 e. The third kappa shape index (κ3) is 5.65. The lowest BCUT2D eigenvalue weighted by atomic mass is 10.1. The highest BCUT2D eigenvalue weighted by Crippen LogP contribution is 2.22. The van der Waals surface area contributed by atoms with Crippen LogP contribution < -0.4 is 10.5 Å². The molecule has 0 spiro atoms. The quantitative estimate of drug-likeness (QED) is 0.505. The van der Waals surface area contributed by atoms with Crippen molar-refractivity contribution in [2.75, 3.05) is 12.3 Å². The first-order valence-electron chi connectivity index (χ1n) is 8.90. The number of nitrogens with two attached hydrogens (primary N) is 1. The van der Waals surface area contributed by atoms with Crippen molar-refractivity contribution >= 4 is 27.7 Å². The molecule has 1 amide bonds. The highest BCUT2D eigenvalue weighted by molar-refractivity contribution is 7.99. The Labute approximate surface area is 177 Å². The summed E-state index contributed by atoms with van der Waals surface area (Å²) in [7, 11) is -1.93. The van der Waals surface area contributed by atoms with E-state index < -0.39 is 10.0 Å². The smallest absolute Gasteiger partial charge is 0.238 e. The van der Waals surface area contributed by atoms with E-state index in [1.807, 2.05) is 0 Å². The van der Waals surface area contributed by atoms with E-state index in [0.717, 1.165) is 11.1 Å². The van der Waals surface area contributed by atoms with E-state index in [4.69, 9.17) is 5.14 Å². The zero-order valence-electron chi connectivity index (χ0n) is 16.1. The van der Waals surface area contributed by atoms with Gasteiger partial charge in [0, 0.05) is 19.2 Å². The summed E-state index contributed by atoms with van der Waals surface area (Å²) in [5, 5.41) is 16.6. The van der Waals surface area contributed by atoms with Gasteiger partial charge in [0.2, 0.25) is 15.9 Å². The number of benzene rings is 2. The number of amides is 1. The minimum Gasteiger partial charge on any atom is -0.355 e. The van der Waals surface area contributed by atoms with E-state index in [9.17, 15) is 17.6 Å². The zero-order chi connectivity index (χ0) is 21.7.